The molecule has 1 aromatic rings. The molecular formula is C11H21N3O3S2. The lowest BCUT2D eigenvalue weighted by molar-refractivity contribution is 0.217. The molecule has 110 valence electrons. The van der Waals surface area contributed by atoms with E-state index in [0.717, 1.165) is 18.7 Å². The SMILES string of the molecule is CCCNC(C)c1csc(NS(=O)(=O)CCOC)n1. The number of aromatic nitrogens is 1. The first kappa shape index (κ1) is 16.4. The minimum absolute atomic E-state index is 0.0674. The lowest BCUT2D eigenvalue weighted by Gasteiger charge is -2.09. The van der Waals surface area contributed by atoms with E-state index in [1.54, 1.807) is 0 Å². The fraction of sp³-hybridized carbons (Fsp3) is 0.727. The second-order valence-electron chi connectivity index (χ2n) is 4.17. The molecule has 19 heavy (non-hydrogen) atoms. The van der Waals surface area contributed by atoms with Crippen LogP contribution in [-0.2, 0) is 14.8 Å². The van der Waals surface area contributed by atoms with Crippen molar-refractivity contribution in [1.82, 2.24) is 10.3 Å². The summed E-state index contributed by atoms with van der Waals surface area (Å²) in [6.45, 7) is 5.18. The second-order valence-corrected chi connectivity index (χ2v) is 6.87. The molecule has 2 N–H and O–H groups in total. The van der Waals surface area contributed by atoms with E-state index in [0.29, 0.717) is 5.13 Å². The van der Waals surface area contributed by atoms with Crippen LogP contribution in [0.25, 0.3) is 0 Å². The quantitative estimate of drug-likeness (QED) is 0.724. The maximum Gasteiger partial charge on any atom is 0.236 e. The average Bonchev–Trinajstić information content (AvgIpc) is 2.81. The van der Waals surface area contributed by atoms with Crippen molar-refractivity contribution in [2.24, 2.45) is 0 Å². The van der Waals surface area contributed by atoms with Gasteiger partial charge in [0.25, 0.3) is 0 Å². The molecule has 0 aliphatic rings. The number of rotatable bonds is 9. The predicted octanol–water partition coefficient (Wildman–Crippen LogP) is 1.59. The number of sulfonamides is 1. The van der Waals surface area contributed by atoms with Crippen LogP contribution in [0.4, 0.5) is 5.13 Å². The van der Waals surface area contributed by atoms with Gasteiger partial charge in [0.15, 0.2) is 5.13 Å². The summed E-state index contributed by atoms with van der Waals surface area (Å²) < 4.78 is 30.6. The standard InChI is InChI=1S/C11H21N3O3S2/c1-4-5-12-9(2)10-8-18-11(13-10)14-19(15,16)7-6-17-3/h8-9,12H,4-7H2,1-3H3,(H,13,14). The van der Waals surface area contributed by atoms with Crippen LogP contribution in [-0.4, -0.2) is 39.4 Å². The number of thiazole rings is 1. The molecule has 0 fully saturated rings. The monoisotopic (exact) mass is 307 g/mol. The van der Waals surface area contributed by atoms with E-state index in [2.05, 4.69) is 21.9 Å². The molecule has 1 unspecified atom stereocenters. The molecule has 0 radical (unpaired) electrons. The zero-order valence-corrected chi connectivity index (χ0v) is 13.1. The predicted molar refractivity (Wildman–Crippen MR) is 78.1 cm³/mol. The number of nitrogens with one attached hydrogen (secondary N) is 2. The number of methoxy groups -OCH3 is 1. The van der Waals surface area contributed by atoms with Gasteiger partial charge in [0, 0.05) is 18.5 Å². The summed E-state index contributed by atoms with van der Waals surface area (Å²) in [6.07, 6.45) is 1.05. The van der Waals surface area contributed by atoms with Crippen molar-refractivity contribution in [3.8, 4) is 0 Å². The molecule has 1 heterocycles. The molecule has 8 heteroatoms. The first-order valence-electron chi connectivity index (χ1n) is 6.16. The number of nitrogens with zero attached hydrogens (tertiary/aromatic N) is 1. The van der Waals surface area contributed by atoms with Crippen molar-refractivity contribution in [3.63, 3.8) is 0 Å². The molecule has 0 spiro atoms. The fourth-order valence-electron chi connectivity index (χ4n) is 1.37. The first-order chi connectivity index (χ1) is 8.98. The molecule has 6 nitrogen and oxygen atoms in total. The van der Waals surface area contributed by atoms with Crippen LogP contribution in [0.3, 0.4) is 0 Å². The van der Waals surface area contributed by atoms with Gasteiger partial charge in [0.1, 0.15) is 0 Å². The maximum atomic E-state index is 11.7. The highest BCUT2D eigenvalue weighted by atomic mass is 32.2. The zero-order valence-electron chi connectivity index (χ0n) is 11.5. The third-order valence-electron chi connectivity index (χ3n) is 2.47. The number of hydrogen-bond acceptors (Lipinski definition) is 6. The zero-order chi connectivity index (χ0) is 14.3. The maximum absolute atomic E-state index is 11.7. The van der Waals surface area contributed by atoms with Gasteiger partial charge in [-0.15, -0.1) is 11.3 Å². The normalized spacial score (nSPS) is 13.4. The summed E-state index contributed by atoms with van der Waals surface area (Å²) in [4.78, 5) is 4.28. The Morgan fingerprint density at radius 2 is 2.26 bits per heavy atom. The summed E-state index contributed by atoms with van der Waals surface area (Å²) in [5.74, 6) is -0.0674. The Labute approximate surface area is 118 Å². The third kappa shape index (κ3) is 5.85. The van der Waals surface area contributed by atoms with Gasteiger partial charge in [-0.05, 0) is 19.9 Å². The van der Waals surface area contributed by atoms with Gasteiger partial charge in [-0.3, -0.25) is 4.72 Å². The van der Waals surface area contributed by atoms with Gasteiger partial charge < -0.3 is 10.1 Å². The Morgan fingerprint density at radius 1 is 1.53 bits per heavy atom. The van der Waals surface area contributed by atoms with Gasteiger partial charge in [-0.1, -0.05) is 6.92 Å². The minimum Gasteiger partial charge on any atom is -0.384 e. The molecule has 0 bridgehead atoms. The Balaban J connectivity index is 2.59. The average molecular weight is 307 g/mol. The Hall–Kier alpha value is -0.700. The van der Waals surface area contributed by atoms with Gasteiger partial charge >= 0.3 is 0 Å². The summed E-state index contributed by atoms with van der Waals surface area (Å²) >= 11 is 1.29. The highest BCUT2D eigenvalue weighted by Crippen LogP contribution is 2.21. The molecule has 0 aliphatic carbocycles. The molecule has 1 rings (SSSR count). The van der Waals surface area contributed by atoms with E-state index in [-0.39, 0.29) is 18.4 Å². The summed E-state index contributed by atoms with van der Waals surface area (Å²) in [5, 5.41) is 5.57. The lowest BCUT2D eigenvalue weighted by atomic mass is 10.2. The first-order valence-corrected chi connectivity index (χ1v) is 8.70. The van der Waals surface area contributed by atoms with Crippen LogP contribution >= 0.6 is 11.3 Å². The molecular weight excluding hydrogens is 286 g/mol. The lowest BCUT2D eigenvalue weighted by Crippen LogP contribution is -2.21. The fourth-order valence-corrected chi connectivity index (χ4v) is 3.39. The van der Waals surface area contributed by atoms with Gasteiger partial charge in [0.2, 0.25) is 10.0 Å². The van der Waals surface area contributed by atoms with Gasteiger partial charge in [0.05, 0.1) is 18.1 Å². The van der Waals surface area contributed by atoms with Gasteiger partial charge in [-0.25, -0.2) is 13.4 Å². The molecule has 0 saturated carbocycles. The van der Waals surface area contributed by atoms with E-state index in [9.17, 15) is 8.42 Å². The number of anilines is 1. The van der Waals surface area contributed by atoms with Crippen LogP contribution in [0.2, 0.25) is 0 Å². The van der Waals surface area contributed by atoms with Crippen molar-refractivity contribution in [1.29, 1.82) is 0 Å². The number of hydrogen-bond donors (Lipinski definition) is 2. The van der Waals surface area contributed by atoms with E-state index < -0.39 is 10.0 Å². The van der Waals surface area contributed by atoms with Gasteiger partial charge in [-0.2, -0.15) is 0 Å². The largest absolute Gasteiger partial charge is 0.384 e. The Morgan fingerprint density at radius 3 is 2.89 bits per heavy atom. The van der Waals surface area contributed by atoms with Crippen LogP contribution < -0.4 is 10.0 Å². The molecule has 0 aliphatic heterocycles. The molecule has 0 amide bonds. The Kier molecular flexibility index (Phi) is 6.70. The summed E-state index contributed by atoms with van der Waals surface area (Å²) in [7, 11) is -1.90. The van der Waals surface area contributed by atoms with Crippen molar-refractivity contribution >= 4 is 26.5 Å². The van der Waals surface area contributed by atoms with Crippen molar-refractivity contribution in [3.05, 3.63) is 11.1 Å². The van der Waals surface area contributed by atoms with Crippen molar-refractivity contribution < 1.29 is 13.2 Å². The van der Waals surface area contributed by atoms with Crippen LogP contribution in [0, 0.1) is 0 Å². The molecule has 0 saturated heterocycles. The highest BCUT2D eigenvalue weighted by molar-refractivity contribution is 7.92. The summed E-state index contributed by atoms with van der Waals surface area (Å²) in [6, 6.07) is 0.119. The molecule has 0 aromatic carbocycles. The topological polar surface area (TPSA) is 80.3 Å². The minimum atomic E-state index is -3.37. The van der Waals surface area contributed by atoms with Crippen LogP contribution in [0.1, 0.15) is 32.0 Å². The number of ether oxygens (including phenoxy) is 1. The molecule has 1 atom stereocenters. The summed E-state index contributed by atoms with van der Waals surface area (Å²) in [5.41, 5.74) is 0.850. The highest BCUT2D eigenvalue weighted by Gasteiger charge is 2.14. The van der Waals surface area contributed by atoms with Crippen LogP contribution in [0.15, 0.2) is 5.38 Å². The molecule has 1 aromatic heterocycles. The van der Waals surface area contributed by atoms with E-state index >= 15 is 0 Å². The van der Waals surface area contributed by atoms with Crippen molar-refractivity contribution in [2.75, 3.05) is 30.7 Å². The van der Waals surface area contributed by atoms with E-state index in [1.165, 1.54) is 18.4 Å². The van der Waals surface area contributed by atoms with Crippen molar-refractivity contribution in [2.45, 2.75) is 26.3 Å². The smallest absolute Gasteiger partial charge is 0.236 e. The van der Waals surface area contributed by atoms with Crippen LogP contribution in [0.5, 0.6) is 0 Å². The van der Waals surface area contributed by atoms with E-state index in [4.69, 9.17) is 4.74 Å². The van der Waals surface area contributed by atoms with E-state index in [1.807, 2.05) is 12.3 Å². The second kappa shape index (κ2) is 7.78. The Bertz CT molecular complexity index is 473. The third-order valence-corrected chi connectivity index (χ3v) is 4.58.